The molecule has 112 valence electrons. The predicted octanol–water partition coefficient (Wildman–Crippen LogP) is 0.592. The van der Waals surface area contributed by atoms with Gasteiger partial charge in [-0.05, 0) is 12.8 Å². The monoisotopic (exact) mass is 276 g/mol. The van der Waals surface area contributed by atoms with E-state index in [1.807, 2.05) is 6.92 Å². The third-order valence-corrected chi connectivity index (χ3v) is 2.33. The summed E-state index contributed by atoms with van der Waals surface area (Å²) in [5.74, 6) is -0.956. The van der Waals surface area contributed by atoms with Gasteiger partial charge in [0.05, 0.1) is 12.5 Å². The van der Waals surface area contributed by atoms with Gasteiger partial charge in [0, 0.05) is 33.4 Å². The molecule has 2 amide bonds. The second-order valence-corrected chi connectivity index (χ2v) is 4.06. The number of carbonyl (C=O) groups excluding carboxylic acids is 1. The first-order valence-electron chi connectivity index (χ1n) is 6.44. The third kappa shape index (κ3) is 11.5. The number of carboxylic acid groups (broad SMARTS) is 1. The number of carbonyl (C=O) groups is 2. The lowest BCUT2D eigenvalue weighted by atomic mass is 10.2. The summed E-state index contributed by atoms with van der Waals surface area (Å²) >= 11 is 0. The second kappa shape index (κ2) is 11.7. The fourth-order valence-corrected chi connectivity index (χ4v) is 1.33. The van der Waals surface area contributed by atoms with Crippen LogP contribution in [-0.2, 0) is 14.3 Å². The van der Waals surface area contributed by atoms with Gasteiger partial charge in [0.15, 0.2) is 0 Å². The molecule has 1 atom stereocenters. The molecule has 0 saturated carbocycles. The Balaban J connectivity index is 3.54. The maximum absolute atomic E-state index is 11.4. The molecule has 0 aromatic carbocycles. The zero-order valence-electron chi connectivity index (χ0n) is 11.6. The van der Waals surface area contributed by atoms with Crippen molar-refractivity contribution in [1.82, 2.24) is 10.6 Å². The van der Waals surface area contributed by atoms with Gasteiger partial charge < -0.3 is 25.2 Å². The number of amides is 2. The van der Waals surface area contributed by atoms with Gasteiger partial charge in [-0.1, -0.05) is 6.92 Å². The maximum Gasteiger partial charge on any atom is 0.314 e. The lowest BCUT2D eigenvalue weighted by Crippen LogP contribution is -2.41. The number of ether oxygens (including phenoxy) is 2. The van der Waals surface area contributed by atoms with Crippen molar-refractivity contribution in [2.75, 3.05) is 33.4 Å². The minimum atomic E-state index is -0.956. The molecule has 0 aliphatic carbocycles. The smallest absolute Gasteiger partial charge is 0.314 e. The SMILES string of the molecule is CCCOCCCNC(=O)NCC(CC(=O)O)OC. The van der Waals surface area contributed by atoms with Gasteiger partial charge in [-0.3, -0.25) is 4.79 Å². The maximum atomic E-state index is 11.4. The molecule has 0 aromatic heterocycles. The van der Waals surface area contributed by atoms with Crippen molar-refractivity contribution < 1.29 is 24.2 Å². The first kappa shape index (κ1) is 17.7. The first-order chi connectivity index (χ1) is 9.10. The standard InChI is InChI=1S/C12H24N2O5/c1-3-6-19-7-4-5-13-12(17)14-9-10(18-2)8-11(15)16/h10H,3-9H2,1-2H3,(H,15,16)(H2,13,14,17). The molecule has 0 spiro atoms. The van der Waals surface area contributed by atoms with Crippen molar-refractivity contribution in [3.63, 3.8) is 0 Å². The van der Waals surface area contributed by atoms with Crippen LogP contribution in [0.25, 0.3) is 0 Å². The highest BCUT2D eigenvalue weighted by molar-refractivity contribution is 5.74. The van der Waals surface area contributed by atoms with Crippen LogP contribution in [0, 0.1) is 0 Å². The first-order valence-corrected chi connectivity index (χ1v) is 6.44. The fourth-order valence-electron chi connectivity index (χ4n) is 1.33. The van der Waals surface area contributed by atoms with Crippen molar-refractivity contribution in [2.24, 2.45) is 0 Å². The van der Waals surface area contributed by atoms with E-state index in [0.717, 1.165) is 19.4 Å². The Kier molecular flexibility index (Phi) is 10.9. The highest BCUT2D eigenvalue weighted by Crippen LogP contribution is 1.95. The van der Waals surface area contributed by atoms with E-state index in [2.05, 4.69) is 10.6 Å². The van der Waals surface area contributed by atoms with Gasteiger partial charge in [0.2, 0.25) is 0 Å². The summed E-state index contributed by atoms with van der Waals surface area (Å²) in [6.45, 7) is 4.08. The van der Waals surface area contributed by atoms with Gasteiger partial charge in [-0.15, -0.1) is 0 Å². The zero-order chi connectivity index (χ0) is 14.5. The molecule has 7 nitrogen and oxygen atoms in total. The van der Waals surface area contributed by atoms with E-state index in [4.69, 9.17) is 14.6 Å². The van der Waals surface area contributed by atoms with Gasteiger partial charge in [-0.25, -0.2) is 4.79 Å². The second-order valence-electron chi connectivity index (χ2n) is 4.06. The van der Waals surface area contributed by atoms with Crippen LogP contribution in [-0.4, -0.2) is 56.6 Å². The quantitative estimate of drug-likeness (QED) is 0.480. The molecule has 0 bridgehead atoms. The van der Waals surface area contributed by atoms with E-state index in [0.29, 0.717) is 13.2 Å². The van der Waals surface area contributed by atoms with Crippen LogP contribution in [0.5, 0.6) is 0 Å². The van der Waals surface area contributed by atoms with Gasteiger partial charge in [-0.2, -0.15) is 0 Å². The highest BCUT2D eigenvalue weighted by Gasteiger charge is 2.13. The van der Waals surface area contributed by atoms with E-state index in [-0.39, 0.29) is 19.0 Å². The van der Waals surface area contributed by atoms with E-state index in [1.165, 1.54) is 7.11 Å². The van der Waals surface area contributed by atoms with Gasteiger partial charge in [0.1, 0.15) is 0 Å². The average Bonchev–Trinajstić information content (AvgIpc) is 2.38. The highest BCUT2D eigenvalue weighted by atomic mass is 16.5. The minimum absolute atomic E-state index is 0.137. The molecule has 0 aliphatic heterocycles. The molecule has 0 fully saturated rings. The molecule has 0 radical (unpaired) electrons. The van der Waals surface area contributed by atoms with Crippen LogP contribution in [0.3, 0.4) is 0 Å². The summed E-state index contributed by atoms with van der Waals surface area (Å²) in [7, 11) is 1.41. The molecular weight excluding hydrogens is 252 g/mol. The summed E-state index contributed by atoms with van der Waals surface area (Å²) in [6.07, 6.45) is 1.07. The number of hydrogen-bond donors (Lipinski definition) is 3. The van der Waals surface area contributed by atoms with Crippen molar-refractivity contribution >= 4 is 12.0 Å². The lowest BCUT2D eigenvalue weighted by molar-refractivity contribution is -0.139. The molecule has 19 heavy (non-hydrogen) atoms. The van der Waals surface area contributed by atoms with Gasteiger partial charge in [0.25, 0.3) is 0 Å². The van der Waals surface area contributed by atoms with Crippen LogP contribution in [0.4, 0.5) is 4.79 Å². The zero-order valence-corrected chi connectivity index (χ0v) is 11.6. The van der Waals surface area contributed by atoms with E-state index in [9.17, 15) is 9.59 Å². The Morgan fingerprint density at radius 3 is 2.58 bits per heavy atom. The fraction of sp³-hybridized carbons (Fsp3) is 0.833. The number of rotatable bonds is 11. The van der Waals surface area contributed by atoms with Crippen LogP contribution in [0.2, 0.25) is 0 Å². The molecule has 0 aliphatic rings. The molecule has 0 saturated heterocycles. The van der Waals surface area contributed by atoms with Gasteiger partial charge >= 0.3 is 12.0 Å². The number of aliphatic carboxylic acids is 1. The van der Waals surface area contributed by atoms with Crippen molar-refractivity contribution in [3.8, 4) is 0 Å². The average molecular weight is 276 g/mol. The number of nitrogens with one attached hydrogen (secondary N) is 2. The summed E-state index contributed by atoms with van der Waals surface area (Å²) in [5.41, 5.74) is 0. The minimum Gasteiger partial charge on any atom is -0.481 e. The van der Waals surface area contributed by atoms with Crippen molar-refractivity contribution in [2.45, 2.75) is 32.3 Å². The summed E-state index contributed by atoms with van der Waals surface area (Å²) in [4.78, 5) is 21.9. The number of urea groups is 1. The molecule has 0 rings (SSSR count). The largest absolute Gasteiger partial charge is 0.481 e. The normalized spacial score (nSPS) is 11.9. The summed E-state index contributed by atoms with van der Waals surface area (Å²) in [6, 6.07) is -0.331. The van der Waals surface area contributed by atoms with Crippen LogP contribution >= 0.6 is 0 Å². The molecule has 0 heterocycles. The van der Waals surface area contributed by atoms with E-state index >= 15 is 0 Å². The van der Waals surface area contributed by atoms with E-state index < -0.39 is 12.1 Å². The lowest BCUT2D eigenvalue weighted by Gasteiger charge is -2.14. The van der Waals surface area contributed by atoms with Crippen LogP contribution in [0.15, 0.2) is 0 Å². The summed E-state index contributed by atoms with van der Waals surface area (Å²) in [5, 5.41) is 13.8. The summed E-state index contributed by atoms with van der Waals surface area (Å²) < 4.78 is 10.2. The molecule has 7 heteroatoms. The topological polar surface area (TPSA) is 96.9 Å². The predicted molar refractivity (Wildman–Crippen MR) is 70.2 cm³/mol. The Morgan fingerprint density at radius 1 is 1.26 bits per heavy atom. The van der Waals surface area contributed by atoms with E-state index in [1.54, 1.807) is 0 Å². The Labute approximate surface area is 113 Å². The third-order valence-electron chi connectivity index (χ3n) is 2.33. The molecule has 0 aromatic rings. The number of carboxylic acids is 1. The number of hydrogen-bond acceptors (Lipinski definition) is 4. The Bertz CT molecular complexity index is 261. The van der Waals surface area contributed by atoms with Crippen LogP contribution in [0.1, 0.15) is 26.2 Å². The van der Waals surface area contributed by atoms with Crippen LogP contribution < -0.4 is 10.6 Å². The molecular formula is C12H24N2O5. The number of methoxy groups -OCH3 is 1. The Morgan fingerprint density at radius 2 is 2.00 bits per heavy atom. The van der Waals surface area contributed by atoms with Crippen molar-refractivity contribution in [1.29, 1.82) is 0 Å². The van der Waals surface area contributed by atoms with Crippen molar-refractivity contribution in [3.05, 3.63) is 0 Å². The Hall–Kier alpha value is -1.34. The molecule has 1 unspecified atom stereocenters. The molecule has 3 N–H and O–H groups in total.